The maximum atomic E-state index is 11.6. The Labute approximate surface area is 129 Å². The minimum atomic E-state index is -0.503. The van der Waals surface area contributed by atoms with Gasteiger partial charge in [-0.2, -0.15) is 0 Å². The van der Waals surface area contributed by atoms with Crippen LogP contribution in [0.25, 0.3) is 0 Å². The molecule has 0 bridgehead atoms. The summed E-state index contributed by atoms with van der Waals surface area (Å²) in [6, 6.07) is 13.7. The highest BCUT2D eigenvalue weighted by Gasteiger charge is 2.41. The second kappa shape index (κ2) is 6.58. The minimum Gasteiger partial charge on any atom is -0.489 e. The Hall–Kier alpha value is -2.40. The fourth-order valence-corrected chi connectivity index (χ4v) is 2.83. The van der Waals surface area contributed by atoms with Crippen molar-refractivity contribution in [2.45, 2.75) is 5.54 Å². The zero-order valence-corrected chi connectivity index (χ0v) is 12.3. The number of aromatic nitrogens is 1. The number of piperazine rings is 1. The van der Waals surface area contributed by atoms with Gasteiger partial charge >= 0.3 is 0 Å². The molecular formula is C17H19N3O2. The number of hydrogen-bond acceptors (Lipinski definition) is 4. The van der Waals surface area contributed by atoms with Gasteiger partial charge in [0, 0.05) is 25.8 Å². The Balaban J connectivity index is 1.90. The number of ether oxygens (including phenoxy) is 1. The van der Waals surface area contributed by atoms with E-state index < -0.39 is 5.54 Å². The topological polar surface area (TPSA) is 54.5 Å². The van der Waals surface area contributed by atoms with Crippen molar-refractivity contribution in [3.05, 3.63) is 60.4 Å². The lowest BCUT2D eigenvalue weighted by Gasteiger charge is -2.45. The molecule has 2 heterocycles. The van der Waals surface area contributed by atoms with E-state index in [1.165, 1.54) is 0 Å². The van der Waals surface area contributed by atoms with E-state index in [0.717, 1.165) is 18.5 Å². The number of amides is 1. The number of hydrogen-bond donors (Lipinski definition) is 1. The van der Waals surface area contributed by atoms with Gasteiger partial charge in [-0.1, -0.05) is 30.3 Å². The molecular weight excluding hydrogens is 278 g/mol. The van der Waals surface area contributed by atoms with Crippen LogP contribution in [-0.4, -0.2) is 42.5 Å². The molecule has 1 aromatic heterocycles. The molecule has 2 aromatic rings. The molecule has 1 atom stereocenters. The van der Waals surface area contributed by atoms with Crippen LogP contribution in [0.4, 0.5) is 0 Å². The molecule has 22 heavy (non-hydrogen) atoms. The molecule has 5 heteroatoms. The van der Waals surface area contributed by atoms with Gasteiger partial charge in [0.1, 0.15) is 17.9 Å². The van der Waals surface area contributed by atoms with Crippen molar-refractivity contribution >= 4 is 6.41 Å². The third-order valence-electron chi connectivity index (χ3n) is 4.05. The molecule has 1 aromatic carbocycles. The summed E-state index contributed by atoms with van der Waals surface area (Å²) in [5.41, 5.74) is 0.565. The van der Waals surface area contributed by atoms with Crippen LogP contribution in [0.15, 0.2) is 54.9 Å². The average Bonchev–Trinajstić information content (AvgIpc) is 2.62. The van der Waals surface area contributed by atoms with Gasteiger partial charge in [-0.15, -0.1) is 0 Å². The van der Waals surface area contributed by atoms with E-state index in [1.54, 1.807) is 12.4 Å². The third-order valence-corrected chi connectivity index (χ3v) is 4.05. The predicted molar refractivity (Wildman–Crippen MR) is 83.5 cm³/mol. The molecule has 1 aliphatic heterocycles. The highest BCUT2D eigenvalue weighted by molar-refractivity contribution is 5.51. The molecule has 1 saturated heterocycles. The smallest absolute Gasteiger partial charge is 0.210 e. The zero-order chi connectivity index (χ0) is 15.3. The molecule has 1 aliphatic rings. The van der Waals surface area contributed by atoms with Gasteiger partial charge < -0.3 is 15.0 Å². The summed E-state index contributed by atoms with van der Waals surface area (Å²) in [4.78, 5) is 17.5. The summed E-state index contributed by atoms with van der Waals surface area (Å²) in [5, 5.41) is 3.38. The van der Waals surface area contributed by atoms with Crippen LogP contribution in [0.1, 0.15) is 5.56 Å². The molecule has 1 amide bonds. The zero-order valence-electron chi connectivity index (χ0n) is 12.3. The first kappa shape index (κ1) is 14.5. The standard InChI is InChI=1S/C17H19N3O2/c21-14-20-10-9-19-12-17(20,15-5-2-1-3-6-15)13-22-16-7-4-8-18-11-16/h1-8,11,14,19H,9-10,12-13H2. The van der Waals surface area contributed by atoms with Crippen LogP contribution in [0.3, 0.4) is 0 Å². The second-order valence-electron chi connectivity index (χ2n) is 5.35. The number of rotatable bonds is 5. The first-order valence-electron chi connectivity index (χ1n) is 7.36. The van der Waals surface area contributed by atoms with Gasteiger partial charge in [-0.05, 0) is 17.7 Å². The predicted octanol–water partition coefficient (Wildman–Crippen LogP) is 1.42. The molecule has 0 spiro atoms. The van der Waals surface area contributed by atoms with Crippen molar-refractivity contribution < 1.29 is 9.53 Å². The van der Waals surface area contributed by atoms with Gasteiger partial charge in [0.25, 0.3) is 0 Å². The fraction of sp³-hybridized carbons (Fsp3) is 0.294. The SMILES string of the molecule is O=CN1CCNCC1(COc1cccnc1)c1ccccc1. The van der Waals surface area contributed by atoms with Gasteiger partial charge in [0.05, 0.1) is 6.20 Å². The van der Waals surface area contributed by atoms with Gasteiger partial charge in [-0.3, -0.25) is 9.78 Å². The highest BCUT2D eigenvalue weighted by atomic mass is 16.5. The highest BCUT2D eigenvalue weighted by Crippen LogP contribution is 2.30. The third kappa shape index (κ3) is 2.80. The lowest BCUT2D eigenvalue weighted by Crippen LogP contribution is -2.61. The average molecular weight is 297 g/mol. The summed E-state index contributed by atoms with van der Waals surface area (Å²) in [6.07, 6.45) is 4.31. The summed E-state index contributed by atoms with van der Waals surface area (Å²) in [7, 11) is 0. The van der Waals surface area contributed by atoms with E-state index in [0.29, 0.717) is 25.4 Å². The van der Waals surface area contributed by atoms with E-state index in [2.05, 4.69) is 10.3 Å². The van der Waals surface area contributed by atoms with Crippen LogP contribution < -0.4 is 10.1 Å². The molecule has 0 radical (unpaired) electrons. The van der Waals surface area contributed by atoms with Crippen molar-refractivity contribution in [3.8, 4) is 5.75 Å². The normalized spacial score (nSPS) is 21.4. The monoisotopic (exact) mass is 297 g/mol. The lowest BCUT2D eigenvalue weighted by molar-refractivity contribution is -0.127. The Kier molecular flexibility index (Phi) is 4.34. The Morgan fingerprint density at radius 3 is 2.86 bits per heavy atom. The largest absolute Gasteiger partial charge is 0.489 e. The number of nitrogens with one attached hydrogen (secondary N) is 1. The lowest BCUT2D eigenvalue weighted by atomic mass is 9.87. The fourth-order valence-electron chi connectivity index (χ4n) is 2.83. The Morgan fingerprint density at radius 2 is 2.14 bits per heavy atom. The number of carbonyl (C=O) groups is 1. The minimum absolute atomic E-state index is 0.383. The van der Waals surface area contributed by atoms with Crippen LogP contribution >= 0.6 is 0 Å². The molecule has 114 valence electrons. The van der Waals surface area contributed by atoms with E-state index >= 15 is 0 Å². The van der Waals surface area contributed by atoms with E-state index in [-0.39, 0.29) is 0 Å². The number of nitrogens with zero attached hydrogens (tertiary/aromatic N) is 2. The Morgan fingerprint density at radius 1 is 1.27 bits per heavy atom. The van der Waals surface area contributed by atoms with Gasteiger partial charge in [0.2, 0.25) is 6.41 Å². The molecule has 1 unspecified atom stereocenters. The summed E-state index contributed by atoms with van der Waals surface area (Å²) in [5.74, 6) is 0.703. The Bertz CT molecular complexity index is 606. The van der Waals surface area contributed by atoms with Crippen LogP contribution in [0.2, 0.25) is 0 Å². The number of pyridine rings is 1. The second-order valence-corrected chi connectivity index (χ2v) is 5.35. The molecule has 1 N–H and O–H groups in total. The van der Waals surface area contributed by atoms with Crippen molar-refractivity contribution in [2.75, 3.05) is 26.2 Å². The van der Waals surface area contributed by atoms with Crippen LogP contribution in [0.5, 0.6) is 5.75 Å². The van der Waals surface area contributed by atoms with Crippen molar-refractivity contribution in [1.82, 2.24) is 15.2 Å². The molecule has 5 nitrogen and oxygen atoms in total. The maximum Gasteiger partial charge on any atom is 0.210 e. The first-order chi connectivity index (χ1) is 10.8. The number of carbonyl (C=O) groups excluding carboxylic acids is 1. The first-order valence-corrected chi connectivity index (χ1v) is 7.36. The summed E-state index contributed by atoms with van der Waals surface area (Å²) < 4.78 is 5.93. The number of benzene rings is 1. The summed E-state index contributed by atoms with van der Waals surface area (Å²) in [6.45, 7) is 2.50. The maximum absolute atomic E-state index is 11.6. The molecule has 1 fully saturated rings. The van der Waals surface area contributed by atoms with Crippen molar-refractivity contribution in [2.24, 2.45) is 0 Å². The summed E-state index contributed by atoms with van der Waals surface area (Å²) >= 11 is 0. The molecule has 0 saturated carbocycles. The van der Waals surface area contributed by atoms with E-state index in [9.17, 15) is 4.79 Å². The van der Waals surface area contributed by atoms with Gasteiger partial charge in [0.15, 0.2) is 0 Å². The van der Waals surface area contributed by atoms with Gasteiger partial charge in [-0.25, -0.2) is 0 Å². The van der Waals surface area contributed by atoms with Crippen molar-refractivity contribution in [1.29, 1.82) is 0 Å². The van der Waals surface area contributed by atoms with Crippen LogP contribution in [0, 0.1) is 0 Å². The quantitative estimate of drug-likeness (QED) is 0.848. The van der Waals surface area contributed by atoms with E-state index in [1.807, 2.05) is 47.4 Å². The van der Waals surface area contributed by atoms with Crippen LogP contribution in [-0.2, 0) is 10.3 Å². The van der Waals surface area contributed by atoms with E-state index in [4.69, 9.17) is 4.74 Å². The van der Waals surface area contributed by atoms with Crippen molar-refractivity contribution in [3.63, 3.8) is 0 Å². The molecule has 3 rings (SSSR count). The molecule has 0 aliphatic carbocycles.